The van der Waals surface area contributed by atoms with Crippen molar-refractivity contribution in [2.45, 2.75) is 4.90 Å². The number of halogens is 4. The Bertz CT molecular complexity index is 901. The Kier molecular flexibility index (Phi) is 6.42. The maximum Gasteiger partial charge on any atom is 0.266 e. The second-order valence-corrected chi connectivity index (χ2v) is 8.21. The number of benzene rings is 2. The molecule has 0 radical (unpaired) electrons. The van der Waals surface area contributed by atoms with Gasteiger partial charge >= 0.3 is 0 Å². The molecule has 0 fully saturated rings. The molecule has 0 spiro atoms. The maximum atomic E-state index is 13.1. The zero-order valence-corrected chi connectivity index (χ0v) is 16.2. The van der Waals surface area contributed by atoms with Gasteiger partial charge in [-0.25, -0.2) is 14.3 Å². The van der Waals surface area contributed by atoms with Crippen LogP contribution in [0, 0.1) is 0 Å². The molecule has 0 aliphatic rings. The second-order valence-electron chi connectivity index (χ2n) is 4.72. The summed E-state index contributed by atoms with van der Waals surface area (Å²) in [5.41, 5.74) is 1.79. The van der Waals surface area contributed by atoms with Crippen molar-refractivity contribution in [1.29, 1.82) is 0 Å². The van der Waals surface area contributed by atoms with Gasteiger partial charge in [-0.1, -0.05) is 52.5 Å². The number of amides is 1. The van der Waals surface area contributed by atoms with Crippen molar-refractivity contribution in [3.05, 3.63) is 56.5 Å². The molecule has 25 heavy (non-hydrogen) atoms. The van der Waals surface area contributed by atoms with Crippen LogP contribution in [-0.4, -0.2) is 20.9 Å². The van der Waals surface area contributed by atoms with E-state index < -0.39 is 22.5 Å². The molecule has 11 heteroatoms. The van der Waals surface area contributed by atoms with Gasteiger partial charge in [0.25, 0.3) is 15.9 Å². The molecule has 0 bridgehead atoms. The number of hydrogen-bond donors (Lipinski definition) is 2. The maximum absolute atomic E-state index is 13.1. The van der Waals surface area contributed by atoms with Crippen molar-refractivity contribution >= 4 is 68.0 Å². The first-order valence-corrected chi connectivity index (χ1v) is 9.55. The highest BCUT2D eigenvalue weighted by atomic mass is 35.5. The minimum absolute atomic E-state index is 0.0269. The molecule has 2 rings (SSSR count). The first-order valence-electron chi connectivity index (χ1n) is 6.59. The number of nitrogens with one attached hydrogen (secondary N) is 1. The van der Waals surface area contributed by atoms with Gasteiger partial charge in [0, 0.05) is 5.02 Å². The van der Waals surface area contributed by atoms with Gasteiger partial charge in [0.15, 0.2) is 0 Å². The van der Waals surface area contributed by atoms with E-state index in [0.29, 0.717) is 0 Å². The average Bonchev–Trinajstić information content (AvgIpc) is 2.55. The number of hydrazine groups is 1. The monoisotopic (exact) mass is 441 g/mol. The van der Waals surface area contributed by atoms with Crippen molar-refractivity contribution in [3.63, 3.8) is 0 Å². The number of para-hydroxylation sites is 1. The van der Waals surface area contributed by atoms with Crippen LogP contribution in [-0.2, 0) is 14.8 Å². The van der Waals surface area contributed by atoms with Gasteiger partial charge in [0.05, 0.1) is 20.8 Å². The van der Waals surface area contributed by atoms with Crippen molar-refractivity contribution in [2.75, 3.05) is 10.8 Å². The van der Waals surface area contributed by atoms with Crippen LogP contribution in [0.15, 0.2) is 41.3 Å². The number of nitrogens with zero attached hydrogens (tertiary/aromatic N) is 1. The first kappa shape index (κ1) is 20.1. The fraction of sp³-hybridized carbons (Fsp3) is 0.0714. The summed E-state index contributed by atoms with van der Waals surface area (Å²) in [5, 5.41) is 0.125. The molecule has 2 aromatic carbocycles. The Morgan fingerprint density at radius 2 is 1.64 bits per heavy atom. The van der Waals surface area contributed by atoms with Crippen LogP contribution in [0.2, 0.25) is 20.1 Å². The standard InChI is InChI=1S/C14H11Cl4N3O3S/c15-8-4-5-9(16)12(6-8)25(23,24)21(7-13(22)20-19)14-10(17)2-1-3-11(14)18/h1-6H,7,19H2,(H,20,22). The predicted molar refractivity (Wildman–Crippen MR) is 99.8 cm³/mol. The summed E-state index contributed by atoms with van der Waals surface area (Å²) >= 11 is 24.1. The Morgan fingerprint density at radius 3 is 2.20 bits per heavy atom. The van der Waals surface area contributed by atoms with E-state index in [0.717, 1.165) is 10.4 Å². The fourth-order valence-electron chi connectivity index (χ4n) is 1.98. The molecule has 2 aromatic rings. The summed E-state index contributed by atoms with van der Waals surface area (Å²) in [5.74, 6) is 4.30. The summed E-state index contributed by atoms with van der Waals surface area (Å²) in [6.07, 6.45) is 0. The van der Waals surface area contributed by atoms with Crippen LogP contribution in [0.3, 0.4) is 0 Å². The number of sulfonamides is 1. The average molecular weight is 443 g/mol. The number of carbonyl (C=O) groups is 1. The van der Waals surface area contributed by atoms with E-state index in [4.69, 9.17) is 52.2 Å². The Labute approximate surface area is 164 Å². The van der Waals surface area contributed by atoms with E-state index in [9.17, 15) is 13.2 Å². The number of carbonyl (C=O) groups excluding carboxylic acids is 1. The third-order valence-corrected chi connectivity index (χ3v) is 6.17. The van der Waals surface area contributed by atoms with E-state index in [1.807, 2.05) is 5.43 Å². The lowest BCUT2D eigenvalue weighted by atomic mass is 10.3. The highest BCUT2D eigenvalue weighted by Gasteiger charge is 2.32. The molecule has 0 aliphatic carbocycles. The number of rotatable bonds is 5. The molecule has 0 unspecified atom stereocenters. The van der Waals surface area contributed by atoms with Gasteiger partial charge < -0.3 is 0 Å². The van der Waals surface area contributed by atoms with Crippen LogP contribution in [0.25, 0.3) is 0 Å². The van der Waals surface area contributed by atoms with Crippen molar-refractivity contribution in [3.8, 4) is 0 Å². The molecule has 0 heterocycles. The number of nitrogens with two attached hydrogens (primary N) is 1. The SMILES string of the molecule is NNC(=O)CN(c1c(Cl)cccc1Cl)S(=O)(=O)c1cc(Cl)ccc1Cl. The largest absolute Gasteiger partial charge is 0.293 e. The molecule has 6 nitrogen and oxygen atoms in total. The fourth-order valence-corrected chi connectivity index (χ4v) is 4.88. The van der Waals surface area contributed by atoms with Crippen LogP contribution in [0.1, 0.15) is 0 Å². The minimum Gasteiger partial charge on any atom is -0.293 e. The van der Waals surface area contributed by atoms with Crippen LogP contribution < -0.4 is 15.6 Å². The van der Waals surface area contributed by atoms with Crippen LogP contribution >= 0.6 is 46.4 Å². The van der Waals surface area contributed by atoms with E-state index in [-0.39, 0.29) is 30.7 Å². The lowest BCUT2D eigenvalue weighted by Gasteiger charge is -2.26. The number of anilines is 1. The molecular formula is C14H11Cl4N3O3S. The van der Waals surface area contributed by atoms with Gasteiger partial charge in [0.1, 0.15) is 11.4 Å². The quantitative estimate of drug-likeness (QED) is 0.421. The normalized spacial score (nSPS) is 11.2. The zero-order valence-electron chi connectivity index (χ0n) is 12.3. The second kappa shape index (κ2) is 7.99. The first-order chi connectivity index (χ1) is 11.7. The molecule has 134 valence electrons. The Hall–Kier alpha value is -1.22. The lowest BCUT2D eigenvalue weighted by Crippen LogP contribution is -2.43. The van der Waals surface area contributed by atoms with Gasteiger partial charge in [-0.05, 0) is 30.3 Å². The third-order valence-electron chi connectivity index (χ3n) is 3.10. The van der Waals surface area contributed by atoms with Gasteiger partial charge in [-0.15, -0.1) is 0 Å². The minimum atomic E-state index is -4.33. The summed E-state index contributed by atoms with van der Waals surface area (Å²) in [4.78, 5) is 11.5. The predicted octanol–water partition coefficient (Wildman–Crippen LogP) is 3.49. The summed E-state index contributed by atoms with van der Waals surface area (Å²) < 4.78 is 26.9. The smallest absolute Gasteiger partial charge is 0.266 e. The molecule has 0 saturated heterocycles. The topological polar surface area (TPSA) is 92.5 Å². The van der Waals surface area contributed by atoms with Crippen molar-refractivity contribution < 1.29 is 13.2 Å². The molecule has 0 saturated carbocycles. The van der Waals surface area contributed by atoms with E-state index in [2.05, 4.69) is 0 Å². The van der Waals surface area contributed by atoms with E-state index in [1.165, 1.54) is 30.3 Å². The van der Waals surface area contributed by atoms with Crippen LogP contribution in [0.5, 0.6) is 0 Å². The molecule has 0 atom stereocenters. The number of hydrogen-bond acceptors (Lipinski definition) is 4. The summed E-state index contributed by atoms with van der Waals surface area (Å²) in [6, 6.07) is 8.33. The van der Waals surface area contributed by atoms with E-state index in [1.54, 1.807) is 0 Å². The summed E-state index contributed by atoms with van der Waals surface area (Å²) in [6.45, 7) is -0.662. The molecule has 0 aliphatic heterocycles. The summed E-state index contributed by atoms with van der Waals surface area (Å²) in [7, 11) is -4.33. The Balaban J connectivity index is 2.71. The Morgan fingerprint density at radius 1 is 1.04 bits per heavy atom. The lowest BCUT2D eigenvalue weighted by molar-refractivity contribution is -0.119. The molecule has 0 aromatic heterocycles. The molecule has 3 N–H and O–H groups in total. The third kappa shape index (κ3) is 4.31. The van der Waals surface area contributed by atoms with Gasteiger partial charge in [0.2, 0.25) is 0 Å². The van der Waals surface area contributed by atoms with Gasteiger partial charge in [-0.2, -0.15) is 0 Å². The highest BCUT2D eigenvalue weighted by molar-refractivity contribution is 7.93. The molecular weight excluding hydrogens is 432 g/mol. The van der Waals surface area contributed by atoms with Crippen molar-refractivity contribution in [1.82, 2.24) is 5.43 Å². The highest BCUT2D eigenvalue weighted by Crippen LogP contribution is 2.38. The van der Waals surface area contributed by atoms with E-state index >= 15 is 0 Å². The van der Waals surface area contributed by atoms with Gasteiger partial charge in [-0.3, -0.25) is 14.5 Å². The van der Waals surface area contributed by atoms with Crippen molar-refractivity contribution in [2.24, 2.45) is 5.84 Å². The molecule has 1 amide bonds. The zero-order chi connectivity index (χ0) is 18.8. The van der Waals surface area contributed by atoms with Crippen LogP contribution in [0.4, 0.5) is 5.69 Å².